The zero-order valence-electron chi connectivity index (χ0n) is 9.01. The van der Waals surface area contributed by atoms with Gasteiger partial charge in [-0.1, -0.05) is 0 Å². The molecular weight excluding hydrogens is 162 g/mol. The third-order valence-electron chi connectivity index (χ3n) is 3.73. The molecule has 0 aromatic rings. The molecule has 1 saturated carbocycles. The molecule has 2 heteroatoms. The van der Waals surface area contributed by atoms with Crippen molar-refractivity contribution >= 4 is 0 Å². The van der Waals surface area contributed by atoms with Gasteiger partial charge in [0.15, 0.2) is 0 Å². The highest BCUT2D eigenvalue weighted by atomic mass is 16.3. The topological polar surface area (TPSA) is 23.5 Å². The van der Waals surface area contributed by atoms with Crippen molar-refractivity contribution in [2.45, 2.75) is 51.7 Å². The second-order valence-electron chi connectivity index (χ2n) is 5.76. The normalized spacial score (nSPS) is 33.7. The molecular formula is C11H21NO. The van der Waals surface area contributed by atoms with Gasteiger partial charge in [-0.25, -0.2) is 0 Å². The van der Waals surface area contributed by atoms with Crippen LogP contribution in [0.4, 0.5) is 0 Å². The molecule has 76 valence electrons. The van der Waals surface area contributed by atoms with Crippen LogP contribution < -0.4 is 0 Å². The number of hydrogen-bond acceptors (Lipinski definition) is 2. The minimum atomic E-state index is -0.0221. The van der Waals surface area contributed by atoms with Gasteiger partial charge >= 0.3 is 0 Å². The van der Waals surface area contributed by atoms with Gasteiger partial charge < -0.3 is 5.11 Å². The summed E-state index contributed by atoms with van der Waals surface area (Å²) in [5, 5.41) is 9.86. The monoisotopic (exact) mass is 183 g/mol. The third-order valence-corrected chi connectivity index (χ3v) is 3.73. The molecule has 1 heterocycles. The Hall–Kier alpha value is -0.0800. The molecule has 1 atom stereocenters. The smallest absolute Gasteiger partial charge is 0.0620 e. The molecule has 0 radical (unpaired) electrons. The van der Waals surface area contributed by atoms with E-state index in [0.29, 0.717) is 5.41 Å². The molecule has 0 bridgehead atoms. The lowest BCUT2D eigenvalue weighted by molar-refractivity contribution is -0.0208. The standard InChI is InChI=1S/C11H21NO/c1-10(2,3)12-7-4-9(13)11(8-12)5-6-11/h9,13H,4-8H2,1-3H3. The Balaban J connectivity index is 2.04. The summed E-state index contributed by atoms with van der Waals surface area (Å²) < 4.78 is 0. The maximum absolute atomic E-state index is 9.86. The van der Waals surface area contributed by atoms with E-state index in [-0.39, 0.29) is 11.6 Å². The van der Waals surface area contributed by atoms with Crippen LogP contribution in [0.15, 0.2) is 0 Å². The minimum Gasteiger partial charge on any atom is -0.392 e. The zero-order chi connectivity index (χ0) is 9.69. The predicted octanol–water partition coefficient (Wildman–Crippen LogP) is 1.63. The lowest BCUT2D eigenvalue weighted by Crippen LogP contribution is -2.52. The fourth-order valence-corrected chi connectivity index (χ4v) is 2.37. The van der Waals surface area contributed by atoms with Crippen molar-refractivity contribution in [2.75, 3.05) is 13.1 Å². The van der Waals surface area contributed by atoms with Crippen LogP contribution in [0.25, 0.3) is 0 Å². The fraction of sp³-hybridized carbons (Fsp3) is 1.00. The lowest BCUT2D eigenvalue weighted by atomic mass is 9.88. The molecule has 1 aliphatic heterocycles. The summed E-state index contributed by atoms with van der Waals surface area (Å²) >= 11 is 0. The SMILES string of the molecule is CC(C)(C)N1CCC(O)C2(CC2)C1. The Bertz CT molecular complexity index is 203. The van der Waals surface area contributed by atoms with Crippen LogP contribution in [0.1, 0.15) is 40.0 Å². The van der Waals surface area contributed by atoms with E-state index in [9.17, 15) is 5.11 Å². The largest absolute Gasteiger partial charge is 0.392 e. The molecule has 2 aliphatic rings. The lowest BCUT2D eigenvalue weighted by Gasteiger charge is -2.44. The van der Waals surface area contributed by atoms with Gasteiger partial charge in [0.05, 0.1) is 6.10 Å². The number of aliphatic hydroxyl groups excluding tert-OH is 1. The molecule has 1 N–H and O–H groups in total. The Morgan fingerprint density at radius 1 is 1.31 bits per heavy atom. The summed E-state index contributed by atoms with van der Waals surface area (Å²) in [5.41, 5.74) is 0.571. The minimum absolute atomic E-state index is 0.0221. The average Bonchev–Trinajstić information content (AvgIpc) is 2.75. The average molecular weight is 183 g/mol. The van der Waals surface area contributed by atoms with E-state index in [4.69, 9.17) is 0 Å². The van der Waals surface area contributed by atoms with Crippen LogP contribution in [0.2, 0.25) is 0 Å². The van der Waals surface area contributed by atoms with E-state index in [1.165, 1.54) is 12.8 Å². The van der Waals surface area contributed by atoms with E-state index in [1.807, 2.05) is 0 Å². The van der Waals surface area contributed by atoms with Crippen molar-refractivity contribution in [3.05, 3.63) is 0 Å². The van der Waals surface area contributed by atoms with Gasteiger partial charge in [-0.2, -0.15) is 0 Å². The first-order chi connectivity index (χ1) is 5.94. The summed E-state index contributed by atoms with van der Waals surface area (Å²) in [6, 6.07) is 0. The van der Waals surface area contributed by atoms with E-state index >= 15 is 0 Å². The van der Waals surface area contributed by atoms with Gasteiger partial charge in [-0.05, 0) is 40.0 Å². The Kier molecular flexibility index (Phi) is 1.97. The summed E-state index contributed by atoms with van der Waals surface area (Å²) in [5.74, 6) is 0. The second kappa shape index (κ2) is 2.71. The van der Waals surface area contributed by atoms with E-state index in [1.54, 1.807) is 0 Å². The van der Waals surface area contributed by atoms with Gasteiger partial charge in [0, 0.05) is 24.0 Å². The first-order valence-corrected chi connectivity index (χ1v) is 5.37. The Labute approximate surface area is 80.9 Å². The molecule has 13 heavy (non-hydrogen) atoms. The molecule has 1 aliphatic carbocycles. The van der Waals surface area contributed by atoms with E-state index < -0.39 is 0 Å². The maximum atomic E-state index is 9.86. The van der Waals surface area contributed by atoms with Crippen LogP contribution in [-0.4, -0.2) is 34.7 Å². The van der Waals surface area contributed by atoms with Gasteiger partial charge in [0.25, 0.3) is 0 Å². The second-order valence-corrected chi connectivity index (χ2v) is 5.76. The Morgan fingerprint density at radius 2 is 1.92 bits per heavy atom. The van der Waals surface area contributed by atoms with Crippen LogP contribution >= 0.6 is 0 Å². The summed E-state index contributed by atoms with van der Waals surface area (Å²) in [7, 11) is 0. The first kappa shape index (κ1) is 9.47. The quantitative estimate of drug-likeness (QED) is 0.617. The number of nitrogens with zero attached hydrogens (tertiary/aromatic N) is 1. The van der Waals surface area contributed by atoms with E-state index in [2.05, 4.69) is 25.7 Å². The van der Waals surface area contributed by atoms with Crippen molar-refractivity contribution < 1.29 is 5.11 Å². The number of aliphatic hydroxyl groups is 1. The van der Waals surface area contributed by atoms with Gasteiger partial charge in [-0.3, -0.25) is 4.90 Å². The van der Waals surface area contributed by atoms with Crippen LogP contribution in [0.3, 0.4) is 0 Å². The summed E-state index contributed by atoms with van der Waals surface area (Å²) in [6.45, 7) is 8.96. The molecule has 1 saturated heterocycles. The number of likely N-dealkylation sites (tertiary alicyclic amines) is 1. The summed E-state index contributed by atoms with van der Waals surface area (Å²) in [6.07, 6.45) is 3.42. The third kappa shape index (κ3) is 1.62. The molecule has 2 fully saturated rings. The highest BCUT2D eigenvalue weighted by molar-refractivity contribution is 5.05. The van der Waals surface area contributed by atoms with Crippen molar-refractivity contribution in [3.63, 3.8) is 0 Å². The predicted molar refractivity (Wildman–Crippen MR) is 53.6 cm³/mol. The Morgan fingerprint density at radius 3 is 2.38 bits per heavy atom. The zero-order valence-corrected chi connectivity index (χ0v) is 9.01. The first-order valence-electron chi connectivity index (χ1n) is 5.37. The fourth-order valence-electron chi connectivity index (χ4n) is 2.37. The van der Waals surface area contributed by atoms with Crippen molar-refractivity contribution in [3.8, 4) is 0 Å². The molecule has 0 amide bonds. The van der Waals surface area contributed by atoms with Gasteiger partial charge in [0.2, 0.25) is 0 Å². The molecule has 2 rings (SSSR count). The van der Waals surface area contributed by atoms with Crippen LogP contribution in [-0.2, 0) is 0 Å². The van der Waals surface area contributed by atoms with Gasteiger partial charge in [0.1, 0.15) is 0 Å². The van der Waals surface area contributed by atoms with Crippen LogP contribution in [0.5, 0.6) is 0 Å². The molecule has 2 nitrogen and oxygen atoms in total. The summed E-state index contributed by atoms with van der Waals surface area (Å²) in [4.78, 5) is 2.52. The molecule has 1 spiro atoms. The van der Waals surface area contributed by atoms with Crippen molar-refractivity contribution in [2.24, 2.45) is 5.41 Å². The van der Waals surface area contributed by atoms with E-state index in [0.717, 1.165) is 19.5 Å². The number of rotatable bonds is 0. The highest BCUT2D eigenvalue weighted by Gasteiger charge is 2.52. The molecule has 1 unspecified atom stereocenters. The number of piperidine rings is 1. The molecule has 0 aromatic carbocycles. The van der Waals surface area contributed by atoms with Crippen molar-refractivity contribution in [1.82, 2.24) is 4.90 Å². The molecule has 0 aromatic heterocycles. The maximum Gasteiger partial charge on any atom is 0.0620 e. The van der Waals surface area contributed by atoms with Crippen molar-refractivity contribution in [1.29, 1.82) is 0 Å². The highest BCUT2D eigenvalue weighted by Crippen LogP contribution is 2.52. The number of hydrogen-bond donors (Lipinski definition) is 1. The van der Waals surface area contributed by atoms with Crippen LogP contribution in [0, 0.1) is 5.41 Å². The van der Waals surface area contributed by atoms with Gasteiger partial charge in [-0.15, -0.1) is 0 Å².